The molecule has 0 amide bonds. The minimum Gasteiger partial charge on any atom is -0.280 e. The number of aryl methyl sites for hydroxylation is 2. The van der Waals surface area contributed by atoms with Crippen molar-refractivity contribution in [3.63, 3.8) is 0 Å². The molecule has 102 valence electrons. The zero-order valence-electron chi connectivity index (χ0n) is 12.3. The first-order chi connectivity index (χ1) is 9.56. The molecule has 0 spiro atoms. The maximum absolute atomic E-state index is 4.70. The maximum atomic E-state index is 4.70. The molecule has 3 aromatic rings. The van der Waals surface area contributed by atoms with E-state index < -0.39 is 0 Å². The van der Waals surface area contributed by atoms with Crippen molar-refractivity contribution in [2.75, 3.05) is 0 Å². The van der Waals surface area contributed by atoms with Gasteiger partial charge >= 0.3 is 0 Å². The Morgan fingerprint density at radius 1 is 1.00 bits per heavy atom. The minimum atomic E-state index is 0.309. The van der Waals surface area contributed by atoms with E-state index in [1.807, 2.05) is 38.1 Å². The number of imidazole rings is 1. The number of nitrogens with zero attached hydrogens (tertiary/aromatic N) is 4. The zero-order valence-corrected chi connectivity index (χ0v) is 12.3. The first-order valence-electron chi connectivity index (χ1n) is 6.86. The van der Waals surface area contributed by atoms with Crippen molar-refractivity contribution in [1.29, 1.82) is 0 Å². The third-order valence-electron chi connectivity index (χ3n) is 3.33. The van der Waals surface area contributed by atoms with Gasteiger partial charge in [0.05, 0.1) is 11.0 Å². The summed E-state index contributed by atoms with van der Waals surface area (Å²) in [5.74, 6) is 3.02. The van der Waals surface area contributed by atoms with Crippen LogP contribution in [0.1, 0.15) is 37.1 Å². The van der Waals surface area contributed by atoms with E-state index in [-0.39, 0.29) is 0 Å². The van der Waals surface area contributed by atoms with Gasteiger partial charge in [0.25, 0.3) is 0 Å². The Bertz CT molecular complexity index is 771. The lowest BCUT2D eigenvalue weighted by atomic mass is 10.2. The van der Waals surface area contributed by atoms with Crippen LogP contribution in [0.4, 0.5) is 0 Å². The maximum Gasteiger partial charge on any atom is 0.142 e. The molecule has 0 bridgehead atoms. The number of fused-ring (bicyclic) bond motifs is 1. The number of rotatable bonds is 2. The molecule has 0 unspecified atom stereocenters. The first-order valence-corrected chi connectivity index (χ1v) is 6.86. The Morgan fingerprint density at radius 3 is 2.50 bits per heavy atom. The Balaban J connectivity index is 2.28. The molecule has 0 fully saturated rings. The second-order valence-corrected chi connectivity index (χ2v) is 5.36. The average molecular weight is 266 g/mol. The molecule has 3 rings (SSSR count). The largest absolute Gasteiger partial charge is 0.280 e. The summed E-state index contributed by atoms with van der Waals surface area (Å²) >= 11 is 0. The highest BCUT2D eigenvalue weighted by atomic mass is 15.1. The monoisotopic (exact) mass is 266 g/mol. The highest BCUT2D eigenvalue weighted by Crippen LogP contribution is 2.21. The van der Waals surface area contributed by atoms with Gasteiger partial charge in [-0.3, -0.25) is 4.57 Å². The summed E-state index contributed by atoms with van der Waals surface area (Å²) in [6, 6.07) is 10.1. The molecule has 0 N–H and O–H groups in total. The van der Waals surface area contributed by atoms with Crippen LogP contribution < -0.4 is 0 Å². The van der Waals surface area contributed by atoms with Gasteiger partial charge in [0.2, 0.25) is 0 Å². The van der Waals surface area contributed by atoms with E-state index >= 15 is 0 Å². The Kier molecular flexibility index (Phi) is 3.01. The summed E-state index contributed by atoms with van der Waals surface area (Å²) in [6.45, 7) is 8.23. The van der Waals surface area contributed by atoms with E-state index in [4.69, 9.17) is 4.98 Å². The summed E-state index contributed by atoms with van der Waals surface area (Å²) in [7, 11) is 0. The predicted molar refractivity (Wildman–Crippen MR) is 80.2 cm³/mol. The summed E-state index contributed by atoms with van der Waals surface area (Å²) in [5, 5.41) is 0. The Morgan fingerprint density at radius 2 is 1.75 bits per heavy atom. The molecular weight excluding hydrogens is 248 g/mol. The highest BCUT2D eigenvalue weighted by Gasteiger charge is 2.12. The number of hydrogen-bond acceptors (Lipinski definition) is 3. The fourth-order valence-electron chi connectivity index (χ4n) is 2.38. The Hall–Kier alpha value is -2.23. The van der Waals surface area contributed by atoms with Gasteiger partial charge in [0.1, 0.15) is 17.5 Å². The van der Waals surface area contributed by atoms with Crippen LogP contribution in [0.2, 0.25) is 0 Å². The van der Waals surface area contributed by atoms with Crippen LogP contribution >= 0.6 is 0 Å². The fourth-order valence-corrected chi connectivity index (χ4v) is 2.38. The fraction of sp³-hybridized carbons (Fsp3) is 0.312. The van der Waals surface area contributed by atoms with Crippen molar-refractivity contribution in [3.05, 3.63) is 47.7 Å². The molecule has 4 nitrogen and oxygen atoms in total. The lowest BCUT2D eigenvalue weighted by Gasteiger charge is -2.10. The van der Waals surface area contributed by atoms with E-state index in [9.17, 15) is 0 Å². The molecular formula is C16H18N4. The van der Waals surface area contributed by atoms with E-state index in [0.717, 1.165) is 34.2 Å². The second kappa shape index (κ2) is 4.71. The normalized spacial score (nSPS) is 11.4. The molecule has 4 heteroatoms. The van der Waals surface area contributed by atoms with Crippen LogP contribution in [0.15, 0.2) is 30.3 Å². The van der Waals surface area contributed by atoms with Crippen molar-refractivity contribution >= 4 is 11.0 Å². The Labute approximate surface area is 118 Å². The van der Waals surface area contributed by atoms with Gasteiger partial charge in [-0.05, 0) is 26.0 Å². The molecule has 2 heterocycles. The SMILES string of the molecule is Cc1cc(-n2c(C)nc3ccccc32)nc(C(C)C)n1. The van der Waals surface area contributed by atoms with Crippen LogP contribution in [0.25, 0.3) is 16.9 Å². The zero-order chi connectivity index (χ0) is 14.3. The van der Waals surface area contributed by atoms with Crippen molar-refractivity contribution in [2.24, 2.45) is 0 Å². The van der Waals surface area contributed by atoms with Crippen LogP contribution in [-0.2, 0) is 0 Å². The number of benzene rings is 1. The molecule has 0 radical (unpaired) electrons. The number of hydrogen-bond donors (Lipinski definition) is 0. The van der Waals surface area contributed by atoms with Crippen LogP contribution in [0.3, 0.4) is 0 Å². The van der Waals surface area contributed by atoms with E-state index in [1.165, 1.54) is 0 Å². The van der Waals surface area contributed by atoms with E-state index in [0.29, 0.717) is 5.92 Å². The van der Waals surface area contributed by atoms with Crippen LogP contribution in [0, 0.1) is 13.8 Å². The van der Waals surface area contributed by atoms with Crippen LogP contribution in [0.5, 0.6) is 0 Å². The molecule has 0 saturated heterocycles. The number of aromatic nitrogens is 4. The highest BCUT2D eigenvalue weighted by molar-refractivity contribution is 5.77. The van der Waals surface area contributed by atoms with Crippen molar-refractivity contribution < 1.29 is 0 Å². The molecule has 0 aliphatic carbocycles. The topological polar surface area (TPSA) is 43.6 Å². The summed E-state index contributed by atoms with van der Waals surface area (Å²) in [6.07, 6.45) is 0. The first kappa shape index (κ1) is 12.8. The third kappa shape index (κ3) is 2.07. The second-order valence-electron chi connectivity index (χ2n) is 5.36. The quantitative estimate of drug-likeness (QED) is 0.712. The number of para-hydroxylation sites is 2. The van der Waals surface area contributed by atoms with Gasteiger partial charge < -0.3 is 0 Å². The van der Waals surface area contributed by atoms with Gasteiger partial charge in [-0.1, -0.05) is 26.0 Å². The molecule has 0 aliphatic rings. The van der Waals surface area contributed by atoms with E-state index in [1.54, 1.807) is 0 Å². The van der Waals surface area contributed by atoms with Gasteiger partial charge in [0.15, 0.2) is 0 Å². The van der Waals surface area contributed by atoms with E-state index in [2.05, 4.69) is 34.4 Å². The van der Waals surface area contributed by atoms with Gasteiger partial charge in [-0.2, -0.15) is 0 Å². The summed E-state index contributed by atoms with van der Waals surface area (Å²) < 4.78 is 2.09. The third-order valence-corrected chi connectivity index (χ3v) is 3.33. The molecule has 0 saturated carbocycles. The van der Waals surface area contributed by atoms with Gasteiger partial charge in [0, 0.05) is 17.7 Å². The average Bonchev–Trinajstić information content (AvgIpc) is 2.73. The molecule has 0 atom stereocenters. The summed E-state index contributed by atoms with van der Waals surface area (Å²) in [5.41, 5.74) is 3.06. The van der Waals surface area contributed by atoms with Gasteiger partial charge in [-0.15, -0.1) is 0 Å². The molecule has 0 aliphatic heterocycles. The van der Waals surface area contributed by atoms with Crippen molar-refractivity contribution in [2.45, 2.75) is 33.6 Å². The summed E-state index contributed by atoms with van der Waals surface area (Å²) in [4.78, 5) is 13.8. The van der Waals surface area contributed by atoms with Gasteiger partial charge in [-0.25, -0.2) is 15.0 Å². The minimum absolute atomic E-state index is 0.309. The van der Waals surface area contributed by atoms with Crippen LogP contribution in [-0.4, -0.2) is 19.5 Å². The molecule has 20 heavy (non-hydrogen) atoms. The lowest BCUT2D eigenvalue weighted by molar-refractivity contribution is 0.753. The smallest absolute Gasteiger partial charge is 0.142 e. The molecule has 1 aromatic carbocycles. The van der Waals surface area contributed by atoms with Crippen molar-refractivity contribution in [1.82, 2.24) is 19.5 Å². The molecule has 2 aromatic heterocycles. The standard InChI is InChI=1S/C16H18N4/c1-10(2)16-17-11(3)9-15(19-16)20-12(4)18-13-7-5-6-8-14(13)20/h5-10H,1-4H3. The predicted octanol–water partition coefficient (Wildman–Crippen LogP) is 3.56. The van der Waals surface area contributed by atoms with Crippen molar-refractivity contribution in [3.8, 4) is 5.82 Å². The lowest BCUT2D eigenvalue weighted by Crippen LogP contribution is -2.06.